The molecule has 6 heteroatoms. The van der Waals surface area contributed by atoms with Crippen LogP contribution in [0.5, 0.6) is 0 Å². The molecule has 1 saturated carbocycles. The number of fused-ring (bicyclic) bond motifs is 1. The van der Waals surface area contributed by atoms with E-state index in [0.717, 1.165) is 28.8 Å². The Kier molecular flexibility index (Phi) is 4.36. The Balaban J connectivity index is 1.85. The van der Waals surface area contributed by atoms with E-state index >= 15 is 0 Å². The van der Waals surface area contributed by atoms with Crippen molar-refractivity contribution in [3.8, 4) is 0 Å². The summed E-state index contributed by atoms with van der Waals surface area (Å²) in [5, 5.41) is 1.02. The molecule has 1 aliphatic rings. The van der Waals surface area contributed by atoms with Gasteiger partial charge in [-0.1, -0.05) is 32.4 Å². The molecule has 0 atom stereocenters. The lowest BCUT2D eigenvalue weighted by molar-refractivity contribution is -0.148. The topological polar surface area (TPSA) is 52.3 Å². The molecule has 0 saturated heterocycles. The maximum Gasteiger partial charge on any atom is 0.308 e. The summed E-state index contributed by atoms with van der Waals surface area (Å²) in [4.78, 5) is 17.0. The van der Waals surface area contributed by atoms with E-state index < -0.39 is 0 Å². The number of nitrogens with zero attached hydrogens (tertiary/aromatic N) is 1. The second kappa shape index (κ2) is 6.02. The highest BCUT2D eigenvalue weighted by atomic mass is 35.5. The van der Waals surface area contributed by atoms with Crippen LogP contribution in [0.4, 0.5) is 0 Å². The molecule has 2 aromatic rings. The third kappa shape index (κ3) is 3.22. The van der Waals surface area contributed by atoms with Gasteiger partial charge in [0.25, 0.3) is 0 Å². The number of thioether (sulfide) groups is 1. The number of carbonyl (C=O) groups is 1. The zero-order valence-corrected chi connectivity index (χ0v) is 15.3. The van der Waals surface area contributed by atoms with Crippen molar-refractivity contribution >= 4 is 40.4 Å². The van der Waals surface area contributed by atoms with Crippen LogP contribution in [-0.2, 0) is 14.9 Å². The van der Waals surface area contributed by atoms with Crippen molar-refractivity contribution < 1.29 is 13.9 Å². The summed E-state index contributed by atoms with van der Waals surface area (Å²) in [7, 11) is 1.43. The van der Waals surface area contributed by atoms with Crippen LogP contribution in [0.25, 0.3) is 11.1 Å². The van der Waals surface area contributed by atoms with E-state index in [1.807, 2.05) is 12.1 Å². The number of rotatable bonds is 3. The van der Waals surface area contributed by atoms with E-state index in [4.69, 9.17) is 20.8 Å². The van der Waals surface area contributed by atoms with Gasteiger partial charge in [0.15, 0.2) is 5.58 Å². The van der Waals surface area contributed by atoms with Crippen LogP contribution >= 0.6 is 23.4 Å². The molecule has 124 valence electrons. The number of oxazole rings is 1. The lowest BCUT2D eigenvalue weighted by atomic mass is 9.85. The average molecular weight is 354 g/mol. The number of aromatic nitrogens is 1. The van der Waals surface area contributed by atoms with Crippen LogP contribution in [0.15, 0.2) is 21.4 Å². The number of carbonyl (C=O) groups excluding carboxylic acids is 1. The van der Waals surface area contributed by atoms with Crippen LogP contribution in [0.1, 0.15) is 39.5 Å². The van der Waals surface area contributed by atoms with Gasteiger partial charge in [-0.3, -0.25) is 4.79 Å². The third-order valence-corrected chi connectivity index (χ3v) is 5.81. The number of halogens is 1. The predicted molar refractivity (Wildman–Crippen MR) is 92.1 cm³/mol. The fourth-order valence-corrected chi connectivity index (χ4v) is 4.27. The Morgan fingerprint density at radius 1 is 1.39 bits per heavy atom. The SMILES string of the molecule is COC(=O)[C@H]1C[C@H](Sc2c(Cl)ccc3nc(C(C)(C)C)oc23)C1. The number of methoxy groups -OCH3 is 1. The van der Waals surface area contributed by atoms with Crippen molar-refractivity contribution in [1.29, 1.82) is 0 Å². The van der Waals surface area contributed by atoms with E-state index in [1.54, 1.807) is 11.8 Å². The molecule has 0 aliphatic heterocycles. The molecule has 1 aromatic carbocycles. The third-order valence-electron chi connectivity index (χ3n) is 4.02. The van der Waals surface area contributed by atoms with Gasteiger partial charge in [0.05, 0.1) is 22.9 Å². The molecule has 1 heterocycles. The Bertz CT molecular complexity index is 744. The zero-order valence-electron chi connectivity index (χ0n) is 13.7. The molecule has 3 rings (SSSR count). The number of benzene rings is 1. The molecule has 23 heavy (non-hydrogen) atoms. The van der Waals surface area contributed by atoms with E-state index in [0.29, 0.717) is 16.2 Å². The van der Waals surface area contributed by atoms with Gasteiger partial charge in [0, 0.05) is 10.7 Å². The summed E-state index contributed by atoms with van der Waals surface area (Å²) in [6.45, 7) is 6.21. The summed E-state index contributed by atoms with van der Waals surface area (Å²) in [6, 6.07) is 3.75. The van der Waals surface area contributed by atoms with Gasteiger partial charge >= 0.3 is 5.97 Å². The molecular formula is C17H20ClNO3S. The maximum atomic E-state index is 11.5. The van der Waals surface area contributed by atoms with Crippen molar-refractivity contribution in [3.05, 3.63) is 23.0 Å². The highest BCUT2D eigenvalue weighted by molar-refractivity contribution is 8.00. The Morgan fingerprint density at radius 3 is 2.70 bits per heavy atom. The van der Waals surface area contributed by atoms with Crippen molar-refractivity contribution in [3.63, 3.8) is 0 Å². The van der Waals surface area contributed by atoms with Gasteiger partial charge in [-0.25, -0.2) is 4.98 Å². The van der Waals surface area contributed by atoms with Gasteiger partial charge in [0.1, 0.15) is 5.52 Å². The lowest BCUT2D eigenvalue weighted by Crippen LogP contribution is -2.33. The minimum Gasteiger partial charge on any atom is -0.469 e. The molecule has 0 N–H and O–H groups in total. The van der Waals surface area contributed by atoms with Crippen LogP contribution in [0, 0.1) is 5.92 Å². The fraction of sp³-hybridized carbons (Fsp3) is 0.529. The first kappa shape index (κ1) is 16.7. The summed E-state index contributed by atoms with van der Waals surface area (Å²) in [5.74, 6) is 0.592. The van der Waals surface area contributed by atoms with Crippen molar-refractivity contribution in [1.82, 2.24) is 4.98 Å². The quantitative estimate of drug-likeness (QED) is 0.740. The largest absolute Gasteiger partial charge is 0.469 e. The standard InChI is InChI=1S/C17H20ClNO3S/c1-17(2,3)16-19-12-6-5-11(18)14(13(12)22-16)23-10-7-9(8-10)15(20)21-4/h5-6,9-10H,7-8H2,1-4H3/t9-,10-. The van der Waals surface area contributed by atoms with Gasteiger partial charge < -0.3 is 9.15 Å². The number of ether oxygens (including phenoxy) is 1. The Labute approximate surface area is 144 Å². The molecule has 4 nitrogen and oxygen atoms in total. The van der Waals surface area contributed by atoms with Crippen LogP contribution in [0.3, 0.4) is 0 Å². The summed E-state index contributed by atoms with van der Waals surface area (Å²) in [6.07, 6.45) is 1.62. The lowest BCUT2D eigenvalue weighted by Gasteiger charge is -2.32. The van der Waals surface area contributed by atoms with E-state index in [9.17, 15) is 4.79 Å². The minimum absolute atomic E-state index is 0.00957. The second-order valence-electron chi connectivity index (χ2n) is 6.93. The Morgan fingerprint density at radius 2 is 2.09 bits per heavy atom. The van der Waals surface area contributed by atoms with Crippen molar-refractivity contribution in [2.24, 2.45) is 5.92 Å². The second-order valence-corrected chi connectivity index (χ2v) is 8.64. The molecule has 1 fully saturated rings. The van der Waals surface area contributed by atoms with E-state index in [2.05, 4.69) is 25.8 Å². The zero-order chi connectivity index (χ0) is 16.8. The van der Waals surface area contributed by atoms with Crippen LogP contribution < -0.4 is 0 Å². The molecule has 0 radical (unpaired) electrons. The van der Waals surface area contributed by atoms with E-state index in [1.165, 1.54) is 7.11 Å². The first-order valence-electron chi connectivity index (χ1n) is 7.63. The summed E-state index contributed by atoms with van der Waals surface area (Å²) in [5.41, 5.74) is 1.42. The average Bonchev–Trinajstić information content (AvgIpc) is 2.87. The van der Waals surface area contributed by atoms with Gasteiger partial charge in [-0.15, -0.1) is 11.8 Å². The summed E-state index contributed by atoms with van der Waals surface area (Å²) < 4.78 is 10.8. The normalized spacial score (nSPS) is 21.3. The smallest absolute Gasteiger partial charge is 0.308 e. The number of hydrogen-bond donors (Lipinski definition) is 0. The first-order valence-corrected chi connectivity index (χ1v) is 8.89. The molecule has 1 aromatic heterocycles. The van der Waals surface area contributed by atoms with Crippen LogP contribution in [-0.4, -0.2) is 23.3 Å². The fourth-order valence-electron chi connectivity index (χ4n) is 2.56. The van der Waals surface area contributed by atoms with Gasteiger partial charge in [-0.2, -0.15) is 0 Å². The molecule has 0 spiro atoms. The summed E-state index contributed by atoms with van der Waals surface area (Å²) >= 11 is 8.05. The van der Waals surface area contributed by atoms with Crippen molar-refractivity contribution in [2.75, 3.05) is 7.11 Å². The monoisotopic (exact) mass is 353 g/mol. The molecular weight excluding hydrogens is 334 g/mol. The number of hydrogen-bond acceptors (Lipinski definition) is 5. The Hall–Kier alpha value is -1.20. The minimum atomic E-state index is -0.153. The predicted octanol–water partition coefficient (Wildman–Crippen LogP) is 4.82. The first-order chi connectivity index (χ1) is 10.8. The molecule has 0 amide bonds. The van der Waals surface area contributed by atoms with Gasteiger partial charge in [0.2, 0.25) is 5.89 Å². The highest BCUT2D eigenvalue weighted by Gasteiger charge is 2.37. The van der Waals surface area contributed by atoms with Crippen molar-refractivity contribution in [2.45, 2.75) is 49.2 Å². The number of esters is 1. The molecule has 1 aliphatic carbocycles. The van der Waals surface area contributed by atoms with Gasteiger partial charge in [-0.05, 0) is 25.0 Å². The molecule has 0 unspecified atom stereocenters. The van der Waals surface area contributed by atoms with E-state index in [-0.39, 0.29) is 17.3 Å². The van der Waals surface area contributed by atoms with Crippen LogP contribution in [0.2, 0.25) is 5.02 Å². The highest BCUT2D eigenvalue weighted by Crippen LogP contribution is 2.46. The maximum absolute atomic E-state index is 11.5. The molecule has 0 bridgehead atoms.